The third kappa shape index (κ3) is 4.47. The number of nitrogens with zero attached hydrogens (tertiary/aromatic N) is 2. The molecule has 10 heteroatoms. The summed E-state index contributed by atoms with van der Waals surface area (Å²) in [6, 6.07) is 1.58. The molecule has 2 aromatic heterocycles. The molecule has 2 aromatic rings. The highest BCUT2D eigenvalue weighted by atomic mass is 32.2. The number of anilines is 1. The van der Waals surface area contributed by atoms with Gasteiger partial charge in [-0.05, 0) is 40.5 Å². The molecule has 1 N–H and O–H groups in total. The van der Waals surface area contributed by atoms with Crippen LogP contribution in [-0.2, 0) is 30.2 Å². The summed E-state index contributed by atoms with van der Waals surface area (Å²) in [6.07, 6.45) is 2.43. The van der Waals surface area contributed by atoms with Gasteiger partial charge in [-0.3, -0.25) is 10.1 Å². The van der Waals surface area contributed by atoms with Crippen molar-refractivity contribution in [2.24, 2.45) is 0 Å². The van der Waals surface area contributed by atoms with E-state index in [1.54, 1.807) is 12.3 Å². The smallest absolute Gasteiger partial charge is 0.247 e. The zero-order chi connectivity index (χ0) is 23.9. The van der Waals surface area contributed by atoms with E-state index >= 15 is 0 Å². The Morgan fingerprint density at radius 1 is 1.09 bits per heavy atom. The summed E-state index contributed by atoms with van der Waals surface area (Å²) >= 11 is 0. The average molecular weight is 468 g/mol. The molecule has 3 rings (SSSR count). The lowest BCUT2D eigenvalue weighted by Gasteiger charge is -2.30. The van der Waals surface area contributed by atoms with Gasteiger partial charge in [-0.15, -0.1) is 0 Å². The Morgan fingerprint density at radius 3 is 2.28 bits per heavy atom. The monoisotopic (exact) mass is 467 g/mol. The zero-order valence-corrected chi connectivity index (χ0v) is 20.6. The van der Waals surface area contributed by atoms with Crippen molar-refractivity contribution in [3.8, 4) is 0 Å². The van der Waals surface area contributed by atoms with E-state index in [9.17, 15) is 13.2 Å². The maximum Gasteiger partial charge on any atom is 0.247 e. The molecule has 0 aromatic carbocycles. The minimum Gasteiger partial charge on any atom is -0.444 e. The quantitative estimate of drug-likeness (QED) is 0.683. The van der Waals surface area contributed by atoms with E-state index in [0.29, 0.717) is 43.4 Å². The maximum absolute atomic E-state index is 13.1. The SMILES string of the molecule is CC(C)(C)c1ncc(C(C)(C)c2cc(NC(=O)C(C)(C)S(=O)(=O)C3CCOCC3)on2)o1. The summed E-state index contributed by atoms with van der Waals surface area (Å²) in [5.41, 5.74) is -0.389. The van der Waals surface area contributed by atoms with Crippen molar-refractivity contribution in [1.29, 1.82) is 0 Å². The fraction of sp³-hybridized carbons (Fsp3) is 0.682. The summed E-state index contributed by atoms with van der Waals surface area (Å²) in [6.45, 7) is 13.4. The van der Waals surface area contributed by atoms with Crippen LogP contribution >= 0.6 is 0 Å². The second kappa shape index (κ2) is 8.30. The Bertz CT molecular complexity index is 1070. The summed E-state index contributed by atoms with van der Waals surface area (Å²) in [5, 5.41) is 6.05. The third-order valence-corrected chi connectivity index (χ3v) is 8.97. The van der Waals surface area contributed by atoms with Gasteiger partial charge in [-0.2, -0.15) is 0 Å². The Labute approximate surface area is 189 Å². The largest absolute Gasteiger partial charge is 0.444 e. The molecule has 0 saturated carbocycles. The van der Waals surface area contributed by atoms with E-state index in [4.69, 9.17) is 13.7 Å². The van der Waals surface area contributed by atoms with Crippen LogP contribution in [0.4, 0.5) is 5.88 Å². The van der Waals surface area contributed by atoms with Crippen LogP contribution in [0.1, 0.15) is 78.7 Å². The highest BCUT2D eigenvalue weighted by Gasteiger charge is 2.47. The number of hydrogen-bond donors (Lipinski definition) is 1. The molecule has 9 nitrogen and oxygen atoms in total. The van der Waals surface area contributed by atoms with Crippen molar-refractivity contribution in [2.45, 2.75) is 82.1 Å². The maximum atomic E-state index is 13.1. The van der Waals surface area contributed by atoms with Gasteiger partial charge in [0.2, 0.25) is 11.8 Å². The first kappa shape index (κ1) is 24.4. The van der Waals surface area contributed by atoms with E-state index in [1.165, 1.54) is 13.8 Å². The van der Waals surface area contributed by atoms with Gasteiger partial charge in [-0.25, -0.2) is 13.4 Å². The van der Waals surface area contributed by atoms with E-state index < -0.39 is 31.2 Å². The van der Waals surface area contributed by atoms with E-state index in [-0.39, 0.29) is 11.3 Å². The van der Waals surface area contributed by atoms with Gasteiger partial charge < -0.3 is 13.7 Å². The fourth-order valence-electron chi connectivity index (χ4n) is 3.46. The molecule has 32 heavy (non-hydrogen) atoms. The molecule has 1 fully saturated rings. The number of oxazole rings is 1. The van der Waals surface area contributed by atoms with Gasteiger partial charge in [0.25, 0.3) is 0 Å². The molecule has 1 aliphatic rings. The number of rotatable bonds is 6. The van der Waals surface area contributed by atoms with Crippen molar-refractivity contribution in [3.05, 3.63) is 29.6 Å². The molecule has 0 bridgehead atoms. The van der Waals surface area contributed by atoms with Gasteiger partial charge in [0.05, 0.1) is 22.6 Å². The second-order valence-corrected chi connectivity index (χ2v) is 13.1. The van der Waals surface area contributed by atoms with Crippen molar-refractivity contribution in [1.82, 2.24) is 10.1 Å². The molecular weight excluding hydrogens is 434 g/mol. The Balaban J connectivity index is 1.78. The summed E-state index contributed by atoms with van der Waals surface area (Å²) in [7, 11) is -3.73. The standard InChI is InChI=1S/C22H33N3O6S/c1-20(2,3)19-23-13-16(30-19)21(4,5)15-12-17(31-25-15)24-18(26)22(6,7)32(27,28)14-8-10-29-11-9-14/h12-14H,8-11H2,1-7H3,(H,24,26). The van der Waals surface area contributed by atoms with E-state index in [2.05, 4.69) is 15.5 Å². The van der Waals surface area contributed by atoms with Crippen LogP contribution < -0.4 is 5.32 Å². The number of nitrogens with one attached hydrogen (secondary N) is 1. The number of carbonyl (C=O) groups is 1. The number of aromatic nitrogens is 2. The van der Waals surface area contributed by atoms with Gasteiger partial charge in [0, 0.05) is 24.7 Å². The molecule has 0 radical (unpaired) electrons. The fourth-order valence-corrected chi connectivity index (χ4v) is 5.42. The minimum atomic E-state index is -3.73. The Hall–Kier alpha value is -2.20. The molecule has 0 unspecified atom stereocenters. The van der Waals surface area contributed by atoms with Gasteiger partial charge in [0.1, 0.15) is 10.5 Å². The second-order valence-electron chi connectivity index (χ2n) is 10.3. The average Bonchev–Trinajstić information content (AvgIpc) is 3.38. The number of sulfone groups is 1. The normalized spacial score (nSPS) is 16.8. The summed E-state index contributed by atoms with van der Waals surface area (Å²) in [5.74, 6) is 0.622. The minimum absolute atomic E-state index is 0.0730. The van der Waals surface area contributed by atoms with Crippen LogP contribution in [0.2, 0.25) is 0 Å². The topological polar surface area (TPSA) is 125 Å². The molecular formula is C22H33N3O6S. The summed E-state index contributed by atoms with van der Waals surface area (Å²) < 4.78 is 41.1. The van der Waals surface area contributed by atoms with E-state index in [1.807, 2.05) is 34.6 Å². The highest BCUT2D eigenvalue weighted by Crippen LogP contribution is 2.35. The Morgan fingerprint density at radius 2 is 1.72 bits per heavy atom. The predicted molar refractivity (Wildman–Crippen MR) is 119 cm³/mol. The summed E-state index contributed by atoms with van der Waals surface area (Å²) in [4.78, 5) is 17.3. The first-order valence-electron chi connectivity index (χ1n) is 10.7. The van der Waals surface area contributed by atoms with Crippen LogP contribution in [0.3, 0.4) is 0 Å². The highest BCUT2D eigenvalue weighted by molar-refractivity contribution is 7.94. The van der Waals surface area contributed by atoms with Crippen molar-refractivity contribution in [3.63, 3.8) is 0 Å². The van der Waals surface area contributed by atoms with Crippen molar-refractivity contribution >= 4 is 21.6 Å². The molecule has 1 aliphatic heterocycles. The molecule has 0 aliphatic carbocycles. The molecule has 1 amide bonds. The lowest BCUT2D eigenvalue weighted by molar-refractivity contribution is -0.118. The third-order valence-electron chi connectivity index (χ3n) is 6.02. The van der Waals surface area contributed by atoms with E-state index in [0.717, 1.165) is 0 Å². The van der Waals surface area contributed by atoms with Crippen LogP contribution in [0, 0.1) is 0 Å². The number of ether oxygens (including phenoxy) is 1. The van der Waals surface area contributed by atoms with Gasteiger partial charge >= 0.3 is 0 Å². The molecule has 0 atom stereocenters. The number of carbonyl (C=O) groups excluding carboxylic acids is 1. The first-order chi connectivity index (χ1) is 14.7. The molecule has 178 valence electrons. The lowest BCUT2D eigenvalue weighted by Crippen LogP contribution is -2.50. The van der Waals surface area contributed by atoms with Gasteiger partial charge in [0.15, 0.2) is 15.7 Å². The number of hydrogen-bond acceptors (Lipinski definition) is 8. The zero-order valence-electron chi connectivity index (χ0n) is 19.8. The molecule has 3 heterocycles. The van der Waals surface area contributed by atoms with Crippen LogP contribution in [0.15, 0.2) is 21.2 Å². The molecule has 0 spiro atoms. The van der Waals surface area contributed by atoms with Crippen LogP contribution in [0.25, 0.3) is 0 Å². The van der Waals surface area contributed by atoms with Crippen molar-refractivity contribution in [2.75, 3.05) is 18.5 Å². The number of amides is 1. The predicted octanol–water partition coefficient (Wildman–Crippen LogP) is 3.60. The first-order valence-corrected chi connectivity index (χ1v) is 12.3. The van der Waals surface area contributed by atoms with Crippen LogP contribution in [0.5, 0.6) is 0 Å². The van der Waals surface area contributed by atoms with Crippen molar-refractivity contribution < 1.29 is 26.9 Å². The Kier molecular flexibility index (Phi) is 6.34. The van der Waals surface area contributed by atoms with Crippen LogP contribution in [-0.4, -0.2) is 47.7 Å². The lowest BCUT2D eigenvalue weighted by atomic mass is 9.87. The van der Waals surface area contributed by atoms with Gasteiger partial charge in [-0.1, -0.05) is 25.9 Å². The molecule has 1 saturated heterocycles.